The van der Waals surface area contributed by atoms with Crippen molar-refractivity contribution in [1.29, 1.82) is 0 Å². The van der Waals surface area contributed by atoms with Crippen molar-refractivity contribution in [1.82, 2.24) is 14.9 Å². The van der Waals surface area contributed by atoms with Gasteiger partial charge in [-0.15, -0.1) is 0 Å². The van der Waals surface area contributed by atoms with Crippen LogP contribution in [0.15, 0.2) is 59.1 Å². The fraction of sp³-hybridized carbons (Fsp3) is 0.333. The number of hydrogen-bond donors (Lipinski definition) is 0. The maximum Gasteiger partial charge on any atom is 0.344 e. The van der Waals surface area contributed by atoms with Crippen LogP contribution in [0.2, 0.25) is 0 Å². The van der Waals surface area contributed by atoms with Gasteiger partial charge < -0.3 is 9.64 Å². The number of fused-ring (bicyclic) bond motifs is 1. The van der Waals surface area contributed by atoms with Crippen LogP contribution >= 0.6 is 0 Å². The van der Waals surface area contributed by atoms with Crippen LogP contribution in [0.5, 0.6) is 11.8 Å². The molecule has 1 aliphatic carbocycles. The van der Waals surface area contributed by atoms with Gasteiger partial charge in [0.25, 0.3) is 0 Å². The number of aromatic nitrogens is 2. The Morgan fingerprint density at radius 2 is 1.73 bits per heavy atom. The standard InChI is InChI=1S/C24H26N4O2/c1-15-8-6-10-20(25-15)30-21-11-7-9-18(26-21)16-12-13-19-22(28(5)23(29)27-19)17(16)14-24(2,3)4/h6-13,22H,14H2,1-5H3. The summed E-state index contributed by atoms with van der Waals surface area (Å²) < 4.78 is 5.89. The maximum absolute atomic E-state index is 12.2. The average molecular weight is 402 g/mol. The van der Waals surface area contributed by atoms with E-state index in [2.05, 4.69) is 30.7 Å². The van der Waals surface area contributed by atoms with Crippen molar-refractivity contribution in [3.8, 4) is 11.8 Å². The van der Waals surface area contributed by atoms with Gasteiger partial charge in [-0.05, 0) is 42.5 Å². The van der Waals surface area contributed by atoms with Crippen LogP contribution in [0.3, 0.4) is 0 Å². The smallest absolute Gasteiger partial charge is 0.344 e. The Hall–Kier alpha value is -3.28. The van der Waals surface area contributed by atoms with Crippen molar-refractivity contribution in [2.75, 3.05) is 7.05 Å². The molecule has 2 aliphatic rings. The first kappa shape index (κ1) is 20.0. The molecule has 0 bridgehead atoms. The first-order valence-corrected chi connectivity index (χ1v) is 10.1. The number of carbonyl (C=O) groups excluding carboxylic acids is 1. The van der Waals surface area contributed by atoms with Gasteiger partial charge in [0.2, 0.25) is 11.8 Å². The minimum Gasteiger partial charge on any atom is -0.421 e. The van der Waals surface area contributed by atoms with Crippen LogP contribution < -0.4 is 4.74 Å². The Morgan fingerprint density at radius 3 is 2.43 bits per heavy atom. The normalized spacial score (nSPS) is 18.6. The lowest BCUT2D eigenvalue weighted by Crippen LogP contribution is -2.38. The lowest BCUT2D eigenvalue weighted by Gasteiger charge is -2.32. The third-order valence-corrected chi connectivity index (χ3v) is 5.08. The van der Waals surface area contributed by atoms with Gasteiger partial charge in [0.1, 0.15) is 0 Å². The van der Waals surface area contributed by atoms with Crippen molar-refractivity contribution >= 4 is 17.3 Å². The Labute approximate surface area is 177 Å². The zero-order valence-corrected chi connectivity index (χ0v) is 18.0. The molecule has 2 aromatic heterocycles. The summed E-state index contributed by atoms with van der Waals surface area (Å²) >= 11 is 0. The third kappa shape index (κ3) is 4.03. The van der Waals surface area contributed by atoms with E-state index in [1.54, 1.807) is 11.9 Å². The highest BCUT2D eigenvalue weighted by molar-refractivity contribution is 6.15. The lowest BCUT2D eigenvalue weighted by atomic mass is 9.79. The molecule has 0 N–H and O–H groups in total. The average Bonchev–Trinajstić information content (AvgIpc) is 2.95. The molecule has 1 aliphatic heterocycles. The van der Waals surface area contributed by atoms with Gasteiger partial charge in [-0.25, -0.2) is 14.8 Å². The number of allylic oxidation sites excluding steroid dienone is 2. The van der Waals surface area contributed by atoms with E-state index in [9.17, 15) is 4.79 Å². The Morgan fingerprint density at radius 1 is 1.03 bits per heavy atom. The van der Waals surface area contributed by atoms with E-state index >= 15 is 0 Å². The van der Waals surface area contributed by atoms with Gasteiger partial charge in [0.05, 0.1) is 17.4 Å². The van der Waals surface area contributed by atoms with Crippen LogP contribution in [0.4, 0.5) is 4.79 Å². The molecule has 0 fully saturated rings. The number of amides is 2. The van der Waals surface area contributed by atoms with Crippen molar-refractivity contribution in [2.24, 2.45) is 10.4 Å². The summed E-state index contributed by atoms with van der Waals surface area (Å²) in [6.07, 6.45) is 4.75. The molecule has 154 valence electrons. The second-order valence-electron chi connectivity index (χ2n) is 8.92. The monoisotopic (exact) mass is 402 g/mol. The summed E-state index contributed by atoms with van der Waals surface area (Å²) in [6, 6.07) is 11.0. The molecule has 2 amide bonds. The second kappa shape index (κ2) is 7.52. The summed E-state index contributed by atoms with van der Waals surface area (Å²) in [4.78, 5) is 27.3. The molecule has 0 saturated carbocycles. The maximum atomic E-state index is 12.2. The molecular weight excluding hydrogens is 376 g/mol. The van der Waals surface area contributed by atoms with E-state index in [0.29, 0.717) is 11.8 Å². The molecule has 6 heteroatoms. The van der Waals surface area contributed by atoms with E-state index in [4.69, 9.17) is 9.72 Å². The van der Waals surface area contributed by atoms with Crippen molar-refractivity contribution in [3.63, 3.8) is 0 Å². The Bertz CT molecular complexity index is 1090. The summed E-state index contributed by atoms with van der Waals surface area (Å²) in [5.74, 6) is 0.996. The predicted molar refractivity (Wildman–Crippen MR) is 118 cm³/mol. The number of hydrogen-bond acceptors (Lipinski definition) is 4. The largest absolute Gasteiger partial charge is 0.421 e. The minimum atomic E-state index is -0.206. The number of likely N-dealkylation sites (N-methyl/N-ethyl adjacent to an activating group) is 1. The number of rotatable bonds is 4. The number of aliphatic imine (C=N–C) groups is 1. The zero-order chi connectivity index (χ0) is 21.5. The second-order valence-corrected chi connectivity index (χ2v) is 8.92. The molecule has 0 saturated heterocycles. The van der Waals surface area contributed by atoms with E-state index in [1.165, 1.54) is 0 Å². The van der Waals surface area contributed by atoms with Gasteiger partial charge in [0.15, 0.2) is 0 Å². The molecule has 0 spiro atoms. The number of aryl methyl sites for hydroxylation is 1. The summed E-state index contributed by atoms with van der Waals surface area (Å²) in [5, 5.41) is 0. The SMILES string of the molecule is Cc1cccc(Oc2cccc(C3=C(CC(C)(C)C)C4C(=NC(=O)N4C)C=C3)n2)n1. The Balaban J connectivity index is 1.75. The predicted octanol–water partition coefficient (Wildman–Crippen LogP) is 5.21. The summed E-state index contributed by atoms with van der Waals surface area (Å²) in [6.45, 7) is 8.51. The van der Waals surface area contributed by atoms with Crippen LogP contribution in [0.1, 0.15) is 38.6 Å². The van der Waals surface area contributed by atoms with Crippen molar-refractivity contribution in [3.05, 3.63) is 65.5 Å². The number of carbonyl (C=O) groups is 1. The van der Waals surface area contributed by atoms with E-state index in [0.717, 1.165) is 34.7 Å². The van der Waals surface area contributed by atoms with Crippen LogP contribution in [-0.4, -0.2) is 39.7 Å². The molecule has 3 heterocycles. The minimum absolute atomic E-state index is 0.0446. The summed E-state index contributed by atoms with van der Waals surface area (Å²) in [7, 11) is 1.80. The van der Waals surface area contributed by atoms with Crippen molar-refractivity contribution in [2.45, 2.75) is 40.2 Å². The molecular formula is C24H26N4O2. The highest BCUT2D eigenvalue weighted by Crippen LogP contribution is 2.38. The summed E-state index contributed by atoms with van der Waals surface area (Å²) in [5.41, 5.74) is 4.69. The fourth-order valence-electron chi connectivity index (χ4n) is 3.84. The first-order valence-electron chi connectivity index (χ1n) is 10.1. The molecule has 4 rings (SSSR count). The molecule has 30 heavy (non-hydrogen) atoms. The van der Waals surface area contributed by atoms with Gasteiger partial charge in [-0.3, -0.25) is 0 Å². The van der Waals surface area contributed by atoms with E-state index < -0.39 is 0 Å². The molecule has 1 atom stereocenters. The lowest BCUT2D eigenvalue weighted by molar-refractivity contribution is 0.220. The van der Waals surface area contributed by atoms with Gasteiger partial charge in [-0.1, -0.05) is 39.0 Å². The highest BCUT2D eigenvalue weighted by atomic mass is 16.5. The van der Waals surface area contributed by atoms with E-state index in [-0.39, 0.29) is 17.5 Å². The number of urea groups is 1. The molecule has 0 aromatic carbocycles. The molecule has 2 aromatic rings. The quantitative estimate of drug-likeness (QED) is 0.704. The van der Waals surface area contributed by atoms with Crippen LogP contribution in [0.25, 0.3) is 5.57 Å². The fourth-order valence-corrected chi connectivity index (χ4v) is 3.84. The van der Waals surface area contributed by atoms with Crippen LogP contribution in [0, 0.1) is 12.3 Å². The third-order valence-electron chi connectivity index (χ3n) is 5.08. The van der Waals surface area contributed by atoms with Gasteiger partial charge in [0, 0.05) is 30.4 Å². The molecule has 1 unspecified atom stereocenters. The molecule has 0 radical (unpaired) electrons. The van der Waals surface area contributed by atoms with Crippen molar-refractivity contribution < 1.29 is 9.53 Å². The van der Waals surface area contributed by atoms with E-state index in [1.807, 2.05) is 55.5 Å². The number of ether oxygens (including phenoxy) is 1. The topological polar surface area (TPSA) is 67.7 Å². The van der Waals surface area contributed by atoms with Gasteiger partial charge in [-0.2, -0.15) is 4.99 Å². The van der Waals surface area contributed by atoms with Crippen LogP contribution in [-0.2, 0) is 0 Å². The first-order chi connectivity index (χ1) is 14.2. The Kier molecular flexibility index (Phi) is 5.02. The number of pyridine rings is 2. The number of nitrogens with zero attached hydrogens (tertiary/aromatic N) is 4. The zero-order valence-electron chi connectivity index (χ0n) is 18.0. The highest BCUT2D eigenvalue weighted by Gasteiger charge is 2.38. The molecule has 6 nitrogen and oxygen atoms in total. The van der Waals surface area contributed by atoms with Gasteiger partial charge >= 0.3 is 6.03 Å².